The lowest BCUT2D eigenvalue weighted by molar-refractivity contribution is -0.146. The van der Waals surface area contributed by atoms with Gasteiger partial charge in [-0.3, -0.25) is 4.79 Å². The fourth-order valence-corrected chi connectivity index (χ4v) is 2.20. The number of ether oxygens (including phenoxy) is 2. The second-order valence-electron chi connectivity index (χ2n) is 5.31. The maximum Gasteiger partial charge on any atom is 0.340 e. The van der Waals surface area contributed by atoms with Gasteiger partial charge in [0.25, 0.3) is 5.24 Å². The van der Waals surface area contributed by atoms with Crippen molar-refractivity contribution in [1.82, 2.24) is 0 Å². The molecule has 0 saturated heterocycles. The summed E-state index contributed by atoms with van der Waals surface area (Å²) >= 11 is 5.43. The van der Waals surface area contributed by atoms with E-state index in [0.29, 0.717) is 17.9 Å². The monoisotopic (exact) mass is 346 g/mol. The van der Waals surface area contributed by atoms with Crippen LogP contribution in [-0.2, 0) is 9.53 Å². The molecule has 0 aromatic heterocycles. The number of rotatable bonds is 7. The van der Waals surface area contributed by atoms with Gasteiger partial charge in [0.2, 0.25) is 0 Å². The van der Waals surface area contributed by atoms with Crippen LogP contribution in [0.25, 0.3) is 11.1 Å². The van der Waals surface area contributed by atoms with Crippen molar-refractivity contribution < 1.29 is 19.1 Å². The maximum atomic E-state index is 11.9. The molecule has 2 rings (SSSR count). The zero-order valence-corrected chi connectivity index (χ0v) is 14.4. The van der Waals surface area contributed by atoms with Gasteiger partial charge in [0, 0.05) is 12.2 Å². The van der Waals surface area contributed by atoms with Crippen molar-refractivity contribution in [2.75, 3.05) is 6.61 Å². The van der Waals surface area contributed by atoms with Gasteiger partial charge in [-0.2, -0.15) is 0 Å². The molecule has 0 N–H and O–H groups in total. The highest BCUT2D eigenvalue weighted by molar-refractivity contribution is 6.67. The van der Waals surface area contributed by atoms with Crippen molar-refractivity contribution in [2.24, 2.45) is 0 Å². The number of halogens is 1. The van der Waals surface area contributed by atoms with Gasteiger partial charge in [0.15, 0.2) is 6.10 Å². The summed E-state index contributed by atoms with van der Waals surface area (Å²) in [5.41, 5.74) is 2.33. The zero-order chi connectivity index (χ0) is 17.5. The average Bonchev–Trinajstić information content (AvgIpc) is 2.60. The molecule has 126 valence electrons. The Morgan fingerprint density at radius 2 is 1.54 bits per heavy atom. The molecule has 0 spiro atoms. The number of esters is 1. The first kappa shape index (κ1) is 18.2. The Bertz CT molecular complexity index is 692. The summed E-state index contributed by atoms with van der Waals surface area (Å²) in [6.07, 6.45) is 0.255. The number of benzene rings is 2. The SMILES string of the molecule is CCCOC(C)C(=O)Oc1ccc(-c2ccc(C(=O)Cl)cc2)cc1. The number of hydrogen-bond donors (Lipinski definition) is 0. The molecule has 0 saturated carbocycles. The van der Waals surface area contributed by atoms with E-state index in [4.69, 9.17) is 21.1 Å². The van der Waals surface area contributed by atoms with Crippen LogP contribution >= 0.6 is 11.6 Å². The van der Waals surface area contributed by atoms with Crippen LogP contribution in [0, 0.1) is 0 Å². The molecule has 0 amide bonds. The topological polar surface area (TPSA) is 52.6 Å². The third-order valence-corrected chi connectivity index (χ3v) is 3.64. The fourth-order valence-electron chi connectivity index (χ4n) is 2.07. The molecule has 0 radical (unpaired) electrons. The van der Waals surface area contributed by atoms with E-state index in [9.17, 15) is 9.59 Å². The van der Waals surface area contributed by atoms with Crippen LogP contribution in [0.1, 0.15) is 30.6 Å². The van der Waals surface area contributed by atoms with Crippen molar-refractivity contribution in [3.63, 3.8) is 0 Å². The third kappa shape index (κ3) is 4.91. The van der Waals surface area contributed by atoms with Gasteiger partial charge < -0.3 is 9.47 Å². The molecule has 0 fully saturated rings. The number of carbonyl (C=O) groups excluding carboxylic acids is 2. The highest BCUT2D eigenvalue weighted by Crippen LogP contribution is 2.23. The van der Waals surface area contributed by atoms with Gasteiger partial charge in [-0.15, -0.1) is 0 Å². The smallest absolute Gasteiger partial charge is 0.340 e. The predicted molar refractivity (Wildman–Crippen MR) is 93.4 cm³/mol. The number of hydrogen-bond acceptors (Lipinski definition) is 4. The molecule has 1 unspecified atom stereocenters. The Morgan fingerprint density at radius 3 is 2.04 bits per heavy atom. The molecule has 0 heterocycles. The van der Waals surface area contributed by atoms with E-state index < -0.39 is 17.3 Å². The molecule has 0 aliphatic carbocycles. The fraction of sp³-hybridized carbons (Fsp3) is 0.263. The van der Waals surface area contributed by atoms with Gasteiger partial charge in [0.05, 0.1) is 0 Å². The van der Waals surface area contributed by atoms with Crippen molar-refractivity contribution in [2.45, 2.75) is 26.4 Å². The van der Waals surface area contributed by atoms with E-state index in [1.165, 1.54) is 0 Å². The Morgan fingerprint density at radius 1 is 1.00 bits per heavy atom. The van der Waals surface area contributed by atoms with Gasteiger partial charge in [0.1, 0.15) is 5.75 Å². The lowest BCUT2D eigenvalue weighted by Gasteiger charge is -2.12. The lowest BCUT2D eigenvalue weighted by atomic mass is 10.0. The molecule has 0 aliphatic heterocycles. The molecule has 1 atom stereocenters. The van der Waals surface area contributed by atoms with E-state index in [2.05, 4.69) is 0 Å². The average molecular weight is 347 g/mol. The van der Waals surface area contributed by atoms with Gasteiger partial charge in [-0.1, -0.05) is 31.2 Å². The quantitative estimate of drug-likeness (QED) is 0.422. The largest absolute Gasteiger partial charge is 0.425 e. The predicted octanol–water partition coefficient (Wildman–Crippen LogP) is 4.45. The maximum absolute atomic E-state index is 11.9. The Balaban J connectivity index is 2.02. The van der Waals surface area contributed by atoms with Crippen molar-refractivity contribution in [3.8, 4) is 16.9 Å². The van der Waals surface area contributed by atoms with Crippen LogP contribution in [0.5, 0.6) is 5.75 Å². The van der Waals surface area contributed by atoms with E-state index in [0.717, 1.165) is 17.5 Å². The Hall–Kier alpha value is -2.17. The minimum Gasteiger partial charge on any atom is -0.425 e. The molecule has 0 bridgehead atoms. The first-order valence-corrected chi connectivity index (χ1v) is 8.12. The summed E-state index contributed by atoms with van der Waals surface area (Å²) in [4.78, 5) is 23.0. The molecular weight excluding hydrogens is 328 g/mol. The summed E-state index contributed by atoms with van der Waals surface area (Å²) in [6.45, 7) is 4.18. The third-order valence-electron chi connectivity index (χ3n) is 3.42. The summed E-state index contributed by atoms with van der Waals surface area (Å²) < 4.78 is 10.6. The Kier molecular flexibility index (Phi) is 6.53. The molecular formula is C19H19ClO4. The molecule has 24 heavy (non-hydrogen) atoms. The van der Waals surface area contributed by atoms with Crippen LogP contribution in [0.2, 0.25) is 0 Å². The minimum absolute atomic E-state index is 0.416. The van der Waals surface area contributed by atoms with Crippen LogP contribution in [0.3, 0.4) is 0 Å². The minimum atomic E-state index is -0.592. The highest BCUT2D eigenvalue weighted by Gasteiger charge is 2.15. The van der Waals surface area contributed by atoms with E-state index in [-0.39, 0.29) is 0 Å². The second-order valence-corrected chi connectivity index (χ2v) is 5.65. The molecule has 2 aromatic rings. The summed E-state index contributed by atoms with van der Waals surface area (Å²) in [7, 11) is 0. The summed E-state index contributed by atoms with van der Waals surface area (Å²) in [5.74, 6) is 0.0458. The van der Waals surface area contributed by atoms with Crippen LogP contribution < -0.4 is 4.74 Å². The molecule has 5 heteroatoms. The van der Waals surface area contributed by atoms with Gasteiger partial charge in [-0.25, -0.2) is 4.79 Å². The second kappa shape index (κ2) is 8.62. The van der Waals surface area contributed by atoms with Crippen molar-refractivity contribution in [3.05, 3.63) is 54.1 Å². The van der Waals surface area contributed by atoms with Crippen LogP contribution in [0.15, 0.2) is 48.5 Å². The lowest BCUT2D eigenvalue weighted by Crippen LogP contribution is -2.26. The highest BCUT2D eigenvalue weighted by atomic mass is 35.5. The van der Waals surface area contributed by atoms with Crippen molar-refractivity contribution in [1.29, 1.82) is 0 Å². The summed E-state index contributed by atoms with van der Waals surface area (Å²) in [6, 6.07) is 14.1. The van der Waals surface area contributed by atoms with Gasteiger partial charge >= 0.3 is 5.97 Å². The Labute approximate surface area is 146 Å². The molecule has 4 nitrogen and oxygen atoms in total. The first-order valence-electron chi connectivity index (χ1n) is 7.75. The van der Waals surface area contributed by atoms with Gasteiger partial charge in [-0.05, 0) is 60.3 Å². The summed E-state index contributed by atoms with van der Waals surface area (Å²) in [5, 5.41) is -0.483. The molecule has 0 aliphatic rings. The number of carbonyl (C=O) groups is 2. The standard InChI is InChI=1S/C19H19ClO4/c1-3-12-23-13(2)19(22)24-17-10-8-15(9-11-17)14-4-6-16(7-5-14)18(20)21/h4-11,13H,3,12H2,1-2H3. The van der Waals surface area contributed by atoms with E-state index in [1.54, 1.807) is 31.2 Å². The first-order chi connectivity index (χ1) is 11.5. The van der Waals surface area contributed by atoms with Crippen LogP contribution in [0.4, 0.5) is 0 Å². The van der Waals surface area contributed by atoms with Crippen LogP contribution in [-0.4, -0.2) is 23.9 Å². The normalized spacial score (nSPS) is 11.8. The zero-order valence-electron chi connectivity index (χ0n) is 13.6. The van der Waals surface area contributed by atoms with E-state index >= 15 is 0 Å². The molecule has 2 aromatic carbocycles. The van der Waals surface area contributed by atoms with Crippen molar-refractivity contribution >= 4 is 22.8 Å². The van der Waals surface area contributed by atoms with E-state index in [1.807, 2.05) is 31.2 Å².